The summed E-state index contributed by atoms with van der Waals surface area (Å²) in [5, 5.41) is 9.59. The van der Waals surface area contributed by atoms with Gasteiger partial charge in [0.25, 0.3) is 0 Å². The van der Waals surface area contributed by atoms with Crippen LogP contribution in [0, 0.1) is 29.1 Å². The molecule has 4 aliphatic rings. The highest BCUT2D eigenvalue weighted by Crippen LogP contribution is 2.60. The van der Waals surface area contributed by atoms with Gasteiger partial charge in [-0.1, -0.05) is 115 Å². The van der Waals surface area contributed by atoms with Crippen LogP contribution in [0.4, 0.5) is 0 Å². The molecule has 0 radical (unpaired) electrons. The van der Waals surface area contributed by atoms with Gasteiger partial charge >= 0.3 is 0 Å². The predicted octanol–water partition coefficient (Wildman–Crippen LogP) is 10.5. The molecule has 0 spiro atoms. The van der Waals surface area contributed by atoms with Crippen LogP contribution < -0.4 is 0 Å². The summed E-state index contributed by atoms with van der Waals surface area (Å²) in [5.74, 6) is 4.77. The lowest BCUT2D eigenvalue weighted by atomic mass is 9.48. The highest BCUT2D eigenvalue weighted by Gasteiger charge is 2.51. The zero-order valence-electron chi connectivity index (χ0n) is 26.9. The largest absolute Gasteiger partial charge is 0.208 e. The summed E-state index contributed by atoms with van der Waals surface area (Å²) in [5.41, 5.74) is 9.70. The molecular weight excluding hydrogens is 585 g/mol. The Morgan fingerprint density at radius 2 is 0.917 bits per heavy atom. The molecule has 0 N–H and O–H groups in total. The Kier molecular flexibility index (Phi) is 7.01. The summed E-state index contributed by atoms with van der Waals surface area (Å²) in [6, 6.07) is 46.2. The molecule has 1 aromatic heterocycles. The van der Waals surface area contributed by atoms with E-state index in [-0.39, 0.29) is 0 Å². The van der Waals surface area contributed by atoms with Crippen LogP contribution in [0.1, 0.15) is 49.7 Å². The number of aromatic nitrogens is 3. The molecule has 4 bridgehead atoms. The normalized spacial score (nSPS) is 22.4. The molecule has 0 saturated heterocycles. The van der Waals surface area contributed by atoms with Crippen molar-refractivity contribution in [1.82, 2.24) is 15.0 Å². The quantitative estimate of drug-likeness (QED) is 0.186. The van der Waals surface area contributed by atoms with Crippen molar-refractivity contribution < 1.29 is 0 Å². The predicted molar refractivity (Wildman–Crippen MR) is 192 cm³/mol. The van der Waals surface area contributed by atoms with E-state index in [4.69, 9.17) is 15.0 Å². The van der Waals surface area contributed by atoms with E-state index >= 15 is 0 Å². The highest BCUT2D eigenvalue weighted by molar-refractivity contribution is 5.85. The topological polar surface area (TPSA) is 62.5 Å². The van der Waals surface area contributed by atoms with E-state index in [0.29, 0.717) is 28.5 Å². The Balaban J connectivity index is 1.08. The third kappa shape index (κ3) is 5.20. The monoisotopic (exact) mass is 620 g/mol. The van der Waals surface area contributed by atoms with Crippen molar-refractivity contribution in [3.05, 3.63) is 139 Å². The fourth-order valence-electron chi connectivity index (χ4n) is 9.31. The van der Waals surface area contributed by atoms with E-state index in [2.05, 4.69) is 78.9 Å². The molecule has 4 nitrogen and oxygen atoms in total. The Labute approximate surface area is 282 Å². The van der Waals surface area contributed by atoms with E-state index in [9.17, 15) is 5.26 Å². The first-order chi connectivity index (χ1) is 23.6. The van der Waals surface area contributed by atoms with Crippen LogP contribution in [0.2, 0.25) is 0 Å². The van der Waals surface area contributed by atoms with E-state index < -0.39 is 0 Å². The molecule has 4 aliphatic carbocycles. The highest BCUT2D eigenvalue weighted by atomic mass is 15.0. The average Bonchev–Trinajstić information content (AvgIpc) is 3.15. The van der Waals surface area contributed by atoms with Crippen LogP contribution in [-0.2, 0) is 5.41 Å². The molecule has 0 amide bonds. The third-order valence-electron chi connectivity index (χ3n) is 11.1. The van der Waals surface area contributed by atoms with Crippen molar-refractivity contribution in [3.63, 3.8) is 0 Å². The van der Waals surface area contributed by atoms with Gasteiger partial charge in [-0.25, -0.2) is 15.0 Å². The molecule has 4 saturated carbocycles. The maximum absolute atomic E-state index is 9.59. The van der Waals surface area contributed by atoms with Crippen LogP contribution in [0.5, 0.6) is 0 Å². The average molecular weight is 621 g/mol. The van der Waals surface area contributed by atoms with Crippen molar-refractivity contribution in [2.45, 2.75) is 43.9 Å². The number of nitrogens with zero attached hydrogens (tertiary/aromatic N) is 4. The summed E-state index contributed by atoms with van der Waals surface area (Å²) in [7, 11) is 0. The van der Waals surface area contributed by atoms with Crippen LogP contribution in [0.15, 0.2) is 127 Å². The van der Waals surface area contributed by atoms with Crippen molar-refractivity contribution in [2.24, 2.45) is 17.8 Å². The SMILES string of the molecule is N#Cc1ccc(-c2ccc(-c3nc(-c4ccccc4)nc(-c4ccc(C56CC7C[C@H](C5)C[C@@H](C7)C6)cc4)n3)cc2)c(-c2ccccc2)c1. The molecule has 0 aliphatic heterocycles. The Hall–Kier alpha value is -5.40. The second-order valence-electron chi connectivity index (χ2n) is 14.3. The van der Waals surface area contributed by atoms with Crippen molar-refractivity contribution in [1.29, 1.82) is 5.26 Å². The molecule has 232 valence electrons. The number of hydrogen-bond donors (Lipinski definition) is 0. The van der Waals surface area contributed by atoms with E-state index in [1.165, 1.54) is 44.1 Å². The van der Waals surface area contributed by atoms with Gasteiger partial charge in [0.2, 0.25) is 0 Å². The Bertz CT molecular complexity index is 2110. The van der Waals surface area contributed by atoms with Gasteiger partial charge in [-0.3, -0.25) is 0 Å². The van der Waals surface area contributed by atoms with E-state index in [1.807, 2.05) is 54.6 Å². The van der Waals surface area contributed by atoms with Gasteiger partial charge in [-0.05, 0) is 102 Å². The van der Waals surface area contributed by atoms with Gasteiger partial charge in [-0.15, -0.1) is 0 Å². The van der Waals surface area contributed by atoms with Gasteiger partial charge in [0.05, 0.1) is 11.6 Å². The standard InChI is InChI=1S/C44H36N4/c45-28-29-11-20-39(40(24-29)33-7-3-1-4-8-33)34-12-14-36(15-13-34)42-46-41(35-9-5-2-6-10-35)47-43(48-42)37-16-18-38(19-17-37)44-25-30-21-31(26-44)23-32(22-30)27-44/h1-20,24,30-32H,21-23,25-27H2/t30-,31+,32?,44?. The summed E-state index contributed by atoms with van der Waals surface area (Å²) in [6.45, 7) is 0. The van der Waals surface area contributed by atoms with Crippen LogP contribution in [0.3, 0.4) is 0 Å². The molecule has 10 rings (SSSR count). The third-order valence-corrected chi connectivity index (χ3v) is 11.1. The first-order valence-electron chi connectivity index (χ1n) is 17.3. The van der Waals surface area contributed by atoms with Gasteiger partial charge in [0.15, 0.2) is 17.5 Å². The van der Waals surface area contributed by atoms with E-state index in [1.54, 1.807) is 0 Å². The zero-order valence-corrected chi connectivity index (χ0v) is 26.9. The summed E-state index contributed by atoms with van der Waals surface area (Å²) in [4.78, 5) is 15.0. The molecular formula is C44H36N4. The van der Waals surface area contributed by atoms with Crippen molar-refractivity contribution in [2.75, 3.05) is 0 Å². The minimum atomic E-state index is 0.365. The molecule has 4 heteroatoms. The fraction of sp³-hybridized carbons (Fsp3) is 0.227. The zero-order chi connectivity index (χ0) is 32.1. The summed E-state index contributed by atoms with van der Waals surface area (Å²) in [6.07, 6.45) is 8.44. The molecule has 5 aromatic carbocycles. The lowest BCUT2D eigenvalue weighted by Crippen LogP contribution is -2.48. The summed E-state index contributed by atoms with van der Waals surface area (Å²) < 4.78 is 0. The molecule has 0 atom stereocenters. The molecule has 0 unspecified atom stereocenters. The van der Waals surface area contributed by atoms with Gasteiger partial charge < -0.3 is 0 Å². The molecule has 1 heterocycles. The first-order valence-corrected chi connectivity index (χ1v) is 17.3. The fourth-order valence-corrected chi connectivity index (χ4v) is 9.31. The lowest BCUT2D eigenvalue weighted by molar-refractivity contribution is -0.00518. The number of rotatable bonds is 6. The number of hydrogen-bond acceptors (Lipinski definition) is 4. The van der Waals surface area contributed by atoms with E-state index in [0.717, 1.165) is 56.7 Å². The smallest absolute Gasteiger partial charge is 0.164 e. The Morgan fingerprint density at radius 1 is 0.479 bits per heavy atom. The van der Waals surface area contributed by atoms with Crippen LogP contribution in [0.25, 0.3) is 56.4 Å². The lowest BCUT2D eigenvalue weighted by Gasteiger charge is -2.57. The minimum absolute atomic E-state index is 0.365. The van der Waals surface area contributed by atoms with Gasteiger partial charge in [-0.2, -0.15) is 5.26 Å². The second kappa shape index (κ2) is 11.7. The van der Waals surface area contributed by atoms with Crippen LogP contribution >= 0.6 is 0 Å². The number of nitriles is 1. The van der Waals surface area contributed by atoms with Crippen LogP contribution in [-0.4, -0.2) is 15.0 Å². The van der Waals surface area contributed by atoms with Crippen molar-refractivity contribution in [3.8, 4) is 62.5 Å². The minimum Gasteiger partial charge on any atom is -0.208 e. The second-order valence-corrected chi connectivity index (χ2v) is 14.3. The van der Waals surface area contributed by atoms with Crippen molar-refractivity contribution >= 4 is 0 Å². The molecule has 48 heavy (non-hydrogen) atoms. The van der Waals surface area contributed by atoms with Gasteiger partial charge in [0.1, 0.15) is 0 Å². The molecule has 6 aromatic rings. The van der Waals surface area contributed by atoms with Gasteiger partial charge in [0, 0.05) is 16.7 Å². The maximum atomic E-state index is 9.59. The summed E-state index contributed by atoms with van der Waals surface area (Å²) >= 11 is 0. The molecule has 4 fully saturated rings. The number of benzene rings is 5. The Morgan fingerprint density at radius 3 is 1.44 bits per heavy atom. The first kappa shape index (κ1) is 28.8. The maximum Gasteiger partial charge on any atom is 0.164 e.